The van der Waals surface area contributed by atoms with Crippen LogP contribution in [0, 0.1) is 0 Å². The average Bonchev–Trinajstić information content (AvgIpc) is 2.30. The molecule has 0 aliphatic rings. The maximum absolute atomic E-state index is 11.4. The molecule has 0 saturated carbocycles. The summed E-state index contributed by atoms with van der Waals surface area (Å²) < 4.78 is 0. The zero-order valence-corrected chi connectivity index (χ0v) is 11.0. The Balaban J connectivity index is 2.52. The molecule has 5 nitrogen and oxygen atoms in total. The smallest absolute Gasteiger partial charge is 0.325 e. The Morgan fingerprint density at radius 2 is 2.06 bits per heavy atom. The number of carboxylic acids is 1. The van der Waals surface area contributed by atoms with E-state index in [-0.39, 0.29) is 6.54 Å². The van der Waals surface area contributed by atoms with Gasteiger partial charge in [-0.05, 0) is 30.7 Å². The predicted octanol–water partition coefficient (Wildman–Crippen LogP) is 2.27. The Labute approximate surface area is 114 Å². The van der Waals surface area contributed by atoms with Crippen LogP contribution in [0.1, 0.15) is 12.5 Å². The number of hydrogen-bond donors (Lipinski definition) is 3. The third-order valence-corrected chi connectivity index (χ3v) is 2.77. The summed E-state index contributed by atoms with van der Waals surface area (Å²) in [6, 6.07) is 3.35. The molecule has 0 aliphatic carbocycles. The van der Waals surface area contributed by atoms with Gasteiger partial charge in [-0.25, -0.2) is 4.79 Å². The molecule has 18 heavy (non-hydrogen) atoms. The number of benzene rings is 1. The molecule has 0 aliphatic heterocycles. The lowest BCUT2D eigenvalue weighted by atomic mass is 10.2. The first-order valence-corrected chi connectivity index (χ1v) is 5.87. The van der Waals surface area contributed by atoms with Crippen molar-refractivity contribution in [3.8, 4) is 0 Å². The van der Waals surface area contributed by atoms with E-state index in [0.717, 1.165) is 0 Å². The predicted molar refractivity (Wildman–Crippen MR) is 68.9 cm³/mol. The normalized spacial score (nSPS) is 11.7. The topological polar surface area (TPSA) is 78.4 Å². The molecule has 0 aromatic heterocycles. The SMILES string of the molecule is CC(NC(=O)NCc1cc(Cl)ccc1Cl)C(=O)O. The van der Waals surface area contributed by atoms with Crippen LogP contribution in [-0.4, -0.2) is 23.1 Å². The second-order valence-corrected chi connectivity index (χ2v) is 4.47. The molecule has 1 atom stereocenters. The highest BCUT2D eigenvalue weighted by atomic mass is 35.5. The first kappa shape index (κ1) is 14.6. The quantitative estimate of drug-likeness (QED) is 0.796. The molecular formula is C11H12Cl2N2O3. The molecule has 1 rings (SSSR count). The first-order valence-electron chi connectivity index (χ1n) is 5.11. The van der Waals surface area contributed by atoms with E-state index in [4.69, 9.17) is 28.3 Å². The van der Waals surface area contributed by atoms with Crippen molar-refractivity contribution < 1.29 is 14.7 Å². The molecule has 1 unspecified atom stereocenters. The van der Waals surface area contributed by atoms with Gasteiger partial charge in [0, 0.05) is 16.6 Å². The number of carbonyl (C=O) groups excluding carboxylic acids is 1. The largest absolute Gasteiger partial charge is 0.480 e. The van der Waals surface area contributed by atoms with Crippen molar-refractivity contribution in [2.45, 2.75) is 19.5 Å². The van der Waals surface area contributed by atoms with Crippen molar-refractivity contribution in [2.75, 3.05) is 0 Å². The molecule has 3 N–H and O–H groups in total. The van der Waals surface area contributed by atoms with Crippen LogP contribution in [0.5, 0.6) is 0 Å². The fourth-order valence-electron chi connectivity index (χ4n) is 1.16. The third-order valence-electron chi connectivity index (χ3n) is 2.17. The fourth-order valence-corrected chi connectivity index (χ4v) is 1.54. The number of amides is 2. The molecule has 0 bridgehead atoms. The van der Waals surface area contributed by atoms with Gasteiger partial charge < -0.3 is 15.7 Å². The van der Waals surface area contributed by atoms with Crippen LogP contribution >= 0.6 is 23.2 Å². The van der Waals surface area contributed by atoms with E-state index >= 15 is 0 Å². The number of rotatable bonds is 4. The molecule has 1 aromatic carbocycles. The van der Waals surface area contributed by atoms with Gasteiger partial charge in [-0.3, -0.25) is 4.79 Å². The van der Waals surface area contributed by atoms with Crippen molar-refractivity contribution in [3.05, 3.63) is 33.8 Å². The molecule has 0 fully saturated rings. The Hall–Kier alpha value is -1.46. The molecule has 0 heterocycles. The lowest BCUT2D eigenvalue weighted by Crippen LogP contribution is -2.44. The minimum atomic E-state index is -1.11. The summed E-state index contributed by atoms with van der Waals surface area (Å²) in [7, 11) is 0. The summed E-state index contributed by atoms with van der Waals surface area (Å²) >= 11 is 11.7. The van der Waals surface area contributed by atoms with Crippen LogP contribution in [0.15, 0.2) is 18.2 Å². The minimum Gasteiger partial charge on any atom is -0.480 e. The molecule has 0 saturated heterocycles. The van der Waals surface area contributed by atoms with E-state index in [0.29, 0.717) is 15.6 Å². The molecule has 7 heteroatoms. The van der Waals surface area contributed by atoms with E-state index in [2.05, 4.69) is 10.6 Å². The van der Waals surface area contributed by atoms with Gasteiger partial charge in [0.25, 0.3) is 0 Å². The van der Waals surface area contributed by atoms with Gasteiger partial charge in [0.2, 0.25) is 0 Å². The van der Waals surface area contributed by atoms with Gasteiger partial charge in [0.15, 0.2) is 0 Å². The summed E-state index contributed by atoms with van der Waals surface area (Å²) in [6.45, 7) is 1.53. The highest BCUT2D eigenvalue weighted by molar-refractivity contribution is 6.33. The van der Waals surface area contributed by atoms with Crippen LogP contribution in [0.2, 0.25) is 10.0 Å². The molecule has 2 amide bonds. The van der Waals surface area contributed by atoms with E-state index < -0.39 is 18.0 Å². The van der Waals surface area contributed by atoms with Crippen molar-refractivity contribution >= 4 is 35.2 Å². The summed E-state index contributed by atoms with van der Waals surface area (Å²) in [5.74, 6) is -1.11. The molecule has 0 radical (unpaired) electrons. The molecule has 1 aromatic rings. The van der Waals surface area contributed by atoms with Gasteiger partial charge in [-0.2, -0.15) is 0 Å². The summed E-state index contributed by atoms with van der Waals surface area (Å²) in [5, 5.41) is 14.4. The van der Waals surface area contributed by atoms with Crippen molar-refractivity contribution in [2.24, 2.45) is 0 Å². The van der Waals surface area contributed by atoms with E-state index in [1.165, 1.54) is 6.92 Å². The number of carbonyl (C=O) groups is 2. The van der Waals surface area contributed by atoms with E-state index in [1.807, 2.05) is 0 Å². The molecular weight excluding hydrogens is 279 g/mol. The number of urea groups is 1. The van der Waals surface area contributed by atoms with Crippen LogP contribution in [0.3, 0.4) is 0 Å². The summed E-state index contributed by atoms with van der Waals surface area (Å²) in [4.78, 5) is 21.9. The number of halogens is 2. The Kier molecular flexibility index (Phi) is 5.25. The van der Waals surface area contributed by atoms with Crippen LogP contribution in [0.25, 0.3) is 0 Å². The van der Waals surface area contributed by atoms with Crippen molar-refractivity contribution in [3.63, 3.8) is 0 Å². The maximum Gasteiger partial charge on any atom is 0.325 e. The minimum absolute atomic E-state index is 0.164. The second-order valence-electron chi connectivity index (χ2n) is 3.62. The first-order chi connectivity index (χ1) is 8.40. The van der Waals surface area contributed by atoms with E-state index in [1.54, 1.807) is 18.2 Å². The maximum atomic E-state index is 11.4. The monoisotopic (exact) mass is 290 g/mol. The Morgan fingerprint density at radius 1 is 1.39 bits per heavy atom. The number of hydrogen-bond acceptors (Lipinski definition) is 2. The van der Waals surface area contributed by atoms with Gasteiger partial charge >= 0.3 is 12.0 Å². The summed E-state index contributed by atoms with van der Waals surface area (Å²) in [5.41, 5.74) is 0.655. The number of nitrogens with one attached hydrogen (secondary N) is 2. The highest BCUT2D eigenvalue weighted by Crippen LogP contribution is 2.20. The average molecular weight is 291 g/mol. The number of carboxylic acid groups (broad SMARTS) is 1. The Morgan fingerprint density at radius 3 is 2.67 bits per heavy atom. The molecule has 0 spiro atoms. The lowest BCUT2D eigenvalue weighted by Gasteiger charge is -2.11. The summed E-state index contributed by atoms with van der Waals surface area (Å²) in [6.07, 6.45) is 0. The van der Waals surface area contributed by atoms with Gasteiger partial charge in [-0.15, -0.1) is 0 Å². The standard InChI is InChI=1S/C11H12Cl2N2O3/c1-6(10(16)17)15-11(18)14-5-7-4-8(12)2-3-9(7)13/h2-4,6H,5H2,1H3,(H,16,17)(H2,14,15,18). The van der Waals surface area contributed by atoms with Crippen molar-refractivity contribution in [1.82, 2.24) is 10.6 Å². The van der Waals surface area contributed by atoms with Crippen molar-refractivity contribution in [1.29, 1.82) is 0 Å². The van der Waals surface area contributed by atoms with Crippen LogP contribution in [0.4, 0.5) is 4.79 Å². The highest BCUT2D eigenvalue weighted by Gasteiger charge is 2.13. The Bertz CT molecular complexity index is 466. The molecule has 98 valence electrons. The zero-order valence-electron chi connectivity index (χ0n) is 9.54. The van der Waals surface area contributed by atoms with Crippen LogP contribution in [-0.2, 0) is 11.3 Å². The third kappa shape index (κ3) is 4.43. The van der Waals surface area contributed by atoms with Crippen LogP contribution < -0.4 is 10.6 Å². The number of aliphatic carboxylic acids is 1. The second kappa shape index (κ2) is 6.47. The zero-order chi connectivity index (χ0) is 13.7. The van der Waals surface area contributed by atoms with E-state index in [9.17, 15) is 9.59 Å². The van der Waals surface area contributed by atoms with Gasteiger partial charge in [-0.1, -0.05) is 23.2 Å². The fraction of sp³-hybridized carbons (Fsp3) is 0.273. The van der Waals surface area contributed by atoms with Gasteiger partial charge in [0.05, 0.1) is 0 Å². The van der Waals surface area contributed by atoms with Gasteiger partial charge in [0.1, 0.15) is 6.04 Å². The lowest BCUT2D eigenvalue weighted by molar-refractivity contribution is -0.138.